The largest absolute Gasteiger partial charge is 0.481 e. The van der Waals surface area contributed by atoms with Crippen molar-refractivity contribution in [2.75, 3.05) is 6.54 Å². The quantitative estimate of drug-likeness (QED) is 0.469. The highest BCUT2D eigenvalue weighted by Gasteiger charge is 2.20. The molecule has 2 amide bonds. The Labute approximate surface area is 112 Å². The fourth-order valence-electron chi connectivity index (χ4n) is 1.45. The van der Waals surface area contributed by atoms with Gasteiger partial charge in [-0.05, 0) is 25.2 Å². The molecule has 0 heterocycles. The van der Waals surface area contributed by atoms with Crippen molar-refractivity contribution >= 4 is 18.0 Å². The zero-order chi connectivity index (χ0) is 14.8. The van der Waals surface area contributed by atoms with Crippen LogP contribution in [0.2, 0.25) is 0 Å². The molecule has 7 nitrogen and oxygen atoms in total. The van der Waals surface area contributed by atoms with Gasteiger partial charge in [-0.15, -0.1) is 0 Å². The predicted octanol–water partition coefficient (Wildman–Crippen LogP) is 1.04. The summed E-state index contributed by atoms with van der Waals surface area (Å²) >= 11 is 0. The molecule has 1 atom stereocenters. The van der Waals surface area contributed by atoms with Crippen molar-refractivity contribution in [3.05, 3.63) is 0 Å². The van der Waals surface area contributed by atoms with Gasteiger partial charge in [0.25, 0.3) is 0 Å². The lowest BCUT2D eigenvalue weighted by molar-refractivity contribution is -0.140. The molecule has 0 aromatic carbocycles. The molecule has 0 aliphatic rings. The minimum atomic E-state index is -1.24. The summed E-state index contributed by atoms with van der Waals surface area (Å²) < 4.78 is 0. The Morgan fingerprint density at radius 3 is 2.21 bits per heavy atom. The first-order chi connectivity index (χ1) is 8.82. The van der Waals surface area contributed by atoms with Gasteiger partial charge in [-0.3, -0.25) is 4.79 Å². The van der Waals surface area contributed by atoms with Gasteiger partial charge >= 0.3 is 18.0 Å². The fourth-order valence-corrected chi connectivity index (χ4v) is 1.45. The van der Waals surface area contributed by atoms with E-state index in [4.69, 9.17) is 10.2 Å². The lowest BCUT2D eigenvalue weighted by Crippen LogP contribution is -2.46. The second-order valence-electron chi connectivity index (χ2n) is 4.76. The molecule has 0 aromatic heterocycles. The van der Waals surface area contributed by atoms with Crippen LogP contribution in [0.1, 0.15) is 39.5 Å². The van der Waals surface area contributed by atoms with Crippen LogP contribution in [0.5, 0.6) is 0 Å². The van der Waals surface area contributed by atoms with E-state index in [1.165, 1.54) is 0 Å². The maximum atomic E-state index is 11.4. The fraction of sp³-hybridized carbons (Fsp3) is 0.750. The molecule has 0 fully saturated rings. The summed E-state index contributed by atoms with van der Waals surface area (Å²) in [5.74, 6) is -1.78. The molecule has 19 heavy (non-hydrogen) atoms. The number of hydrogen-bond donors (Lipinski definition) is 4. The molecule has 0 aromatic rings. The van der Waals surface area contributed by atoms with E-state index in [1.807, 2.05) is 0 Å². The standard InChI is InChI=1S/C12H22N2O5/c1-8(2)4-3-7-13-12(19)14-9(11(17)18)5-6-10(15)16/h8-9H,3-7H2,1-2H3,(H,15,16)(H,17,18)(H2,13,14,19). The molecule has 0 saturated carbocycles. The van der Waals surface area contributed by atoms with Crippen LogP contribution in [-0.2, 0) is 9.59 Å². The number of urea groups is 1. The van der Waals surface area contributed by atoms with E-state index in [0.29, 0.717) is 12.5 Å². The van der Waals surface area contributed by atoms with Crippen molar-refractivity contribution in [2.45, 2.75) is 45.6 Å². The Bertz CT molecular complexity index is 317. The van der Waals surface area contributed by atoms with E-state index in [-0.39, 0.29) is 12.8 Å². The van der Waals surface area contributed by atoms with Gasteiger partial charge in [-0.2, -0.15) is 0 Å². The zero-order valence-electron chi connectivity index (χ0n) is 11.3. The first-order valence-corrected chi connectivity index (χ1v) is 6.32. The number of nitrogens with one attached hydrogen (secondary N) is 2. The van der Waals surface area contributed by atoms with Gasteiger partial charge in [-0.1, -0.05) is 13.8 Å². The van der Waals surface area contributed by atoms with Crippen LogP contribution >= 0.6 is 0 Å². The Hall–Kier alpha value is -1.79. The van der Waals surface area contributed by atoms with Crippen molar-refractivity contribution in [3.8, 4) is 0 Å². The average molecular weight is 274 g/mol. The second kappa shape index (κ2) is 9.18. The van der Waals surface area contributed by atoms with Crippen LogP contribution < -0.4 is 10.6 Å². The van der Waals surface area contributed by atoms with Crippen molar-refractivity contribution in [2.24, 2.45) is 5.92 Å². The third kappa shape index (κ3) is 9.87. The molecule has 0 rings (SSSR count). The molecule has 4 N–H and O–H groups in total. The number of carbonyl (C=O) groups excluding carboxylic acids is 1. The summed E-state index contributed by atoms with van der Waals surface area (Å²) in [5.41, 5.74) is 0. The third-order valence-electron chi connectivity index (χ3n) is 2.49. The topological polar surface area (TPSA) is 116 Å². The van der Waals surface area contributed by atoms with E-state index in [9.17, 15) is 14.4 Å². The summed E-state index contributed by atoms with van der Waals surface area (Å²) in [5, 5.41) is 22.1. The van der Waals surface area contributed by atoms with Crippen LogP contribution in [0.15, 0.2) is 0 Å². The smallest absolute Gasteiger partial charge is 0.326 e. The van der Waals surface area contributed by atoms with E-state index in [0.717, 1.165) is 12.8 Å². The van der Waals surface area contributed by atoms with Crippen molar-refractivity contribution in [1.82, 2.24) is 10.6 Å². The Morgan fingerprint density at radius 2 is 1.74 bits per heavy atom. The highest BCUT2D eigenvalue weighted by Crippen LogP contribution is 2.02. The molecule has 110 valence electrons. The number of rotatable bonds is 9. The molecule has 0 aliphatic carbocycles. The number of carbonyl (C=O) groups is 3. The van der Waals surface area contributed by atoms with Gasteiger partial charge in [0, 0.05) is 13.0 Å². The van der Waals surface area contributed by atoms with Crippen LogP contribution in [0.25, 0.3) is 0 Å². The van der Waals surface area contributed by atoms with Crippen molar-refractivity contribution in [1.29, 1.82) is 0 Å². The van der Waals surface area contributed by atoms with E-state index >= 15 is 0 Å². The second-order valence-corrected chi connectivity index (χ2v) is 4.76. The number of hydrogen-bond acceptors (Lipinski definition) is 3. The zero-order valence-corrected chi connectivity index (χ0v) is 11.3. The summed E-state index contributed by atoms with van der Waals surface area (Å²) in [6.45, 7) is 4.62. The normalized spacial score (nSPS) is 11.9. The molecular weight excluding hydrogens is 252 g/mol. The van der Waals surface area contributed by atoms with Gasteiger partial charge in [0.1, 0.15) is 6.04 Å². The number of amides is 2. The molecule has 0 radical (unpaired) electrons. The molecule has 0 aliphatic heterocycles. The van der Waals surface area contributed by atoms with Crippen molar-refractivity contribution in [3.63, 3.8) is 0 Å². The summed E-state index contributed by atoms with van der Waals surface area (Å²) in [4.78, 5) is 32.6. The predicted molar refractivity (Wildman–Crippen MR) is 68.9 cm³/mol. The van der Waals surface area contributed by atoms with Gasteiger partial charge in [0.15, 0.2) is 0 Å². The molecule has 0 spiro atoms. The first kappa shape index (κ1) is 17.2. The lowest BCUT2D eigenvalue weighted by atomic mass is 10.1. The molecule has 0 saturated heterocycles. The van der Waals surface area contributed by atoms with Crippen LogP contribution in [0.4, 0.5) is 4.79 Å². The Kier molecular flexibility index (Phi) is 8.32. The minimum Gasteiger partial charge on any atom is -0.481 e. The van der Waals surface area contributed by atoms with Crippen LogP contribution in [-0.4, -0.2) is 40.8 Å². The highest BCUT2D eigenvalue weighted by molar-refractivity contribution is 5.82. The highest BCUT2D eigenvalue weighted by atomic mass is 16.4. The summed E-state index contributed by atoms with van der Waals surface area (Å²) in [6, 6.07) is -1.76. The van der Waals surface area contributed by atoms with Gasteiger partial charge in [0.05, 0.1) is 0 Å². The molecule has 7 heteroatoms. The monoisotopic (exact) mass is 274 g/mol. The van der Waals surface area contributed by atoms with Crippen LogP contribution in [0, 0.1) is 5.92 Å². The molecular formula is C12H22N2O5. The van der Waals surface area contributed by atoms with Gasteiger partial charge in [0.2, 0.25) is 0 Å². The maximum absolute atomic E-state index is 11.4. The minimum absolute atomic E-state index is 0.135. The summed E-state index contributed by atoms with van der Waals surface area (Å²) in [6.07, 6.45) is 1.36. The first-order valence-electron chi connectivity index (χ1n) is 6.32. The molecule has 1 unspecified atom stereocenters. The van der Waals surface area contributed by atoms with Crippen molar-refractivity contribution < 1.29 is 24.6 Å². The van der Waals surface area contributed by atoms with Gasteiger partial charge < -0.3 is 20.8 Å². The lowest BCUT2D eigenvalue weighted by Gasteiger charge is -2.14. The maximum Gasteiger partial charge on any atom is 0.326 e. The Balaban J connectivity index is 3.96. The molecule has 0 bridgehead atoms. The number of carboxylic acid groups (broad SMARTS) is 2. The van der Waals surface area contributed by atoms with E-state index in [2.05, 4.69) is 24.5 Å². The number of carboxylic acids is 2. The average Bonchev–Trinajstić information content (AvgIpc) is 2.29. The van der Waals surface area contributed by atoms with Crippen LogP contribution in [0.3, 0.4) is 0 Å². The van der Waals surface area contributed by atoms with E-state index < -0.39 is 24.0 Å². The van der Waals surface area contributed by atoms with Gasteiger partial charge in [-0.25, -0.2) is 9.59 Å². The van der Waals surface area contributed by atoms with E-state index in [1.54, 1.807) is 0 Å². The SMILES string of the molecule is CC(C)CCCNC(=O)NC(CCC(=O)O)C(=O)O. The summed E-state index contributed by atoms with van der Waals surface area (Å²) in [7, 11) is 0. The Morgan fingerprint density at radius 1 is 1.11 bits per heavy atom. The third-order valence-corrected chi connectivity index (χ3v) is 2.49. The number of aliphatic carboxylic acids is 2.